The van der Waals surface area contributed by atoms with E-state index in [1.54, 1.807) is 35.2 Å². The molecule has 0 N–H and O–H groups in total. The molecule has 6 heterocycles. The number of aromatic nitrogens is 5. The van der Waals surface area contributed by atoms with Crippen molar-refractivity contribution in [1.82, 2.24) is 34.3 Å². The third kappa shape index (κ3) is 12.0. The second-order valence-corrected chi connectivity index (χ2v) is 27.4. The van der Waals surface area contributed by atoms with Crippen LogP contribution >= 0.6 is 54.5 Å². The van der Waals surface area contributed by atoms with Crippen LogP contribution < -0.4 is 0 Å². The lowest BCUT2D eigenvalue weighted by molar-refractivity contribution is -0.132. The van der Waals surface area contributed by atoms with Gasteiger partial charge in [-0.3, -0.25) is 4.79 Å². The Labute approximate surface area is 433 Å². The first-order valence-electron chi connectivity index (χ1n) is 24.8. The topological polar surface area (TPSA) is 106 Å². The Bertz CT molecular complexity index is 2820. The fraction of sp³-hybridized carbons (Fsp3) is 0.527. The van der Waals surface area contributed by atoms with E-state index in [2.05, 4.69) is 120 Å². The summed E-state index contributed by atoms with van der Waals surface area (Å²) in [5, 5.41) is 2.35. The molecule has 10 rings (SSSR count). The Balaban J connectivity index is 0.000000174. The molecule has 0 unspecified atom stereocenters. The highest BCUT2D eigenvalue weighted by atomic mass is 79.9. The van der Waals surface area contributed by atoms with Crippen LogP contribution in [0.3, 0.4) is 0 Å². The van der Waals surface area contributed by atoms with Gasteiger partial charge in [0.05, 0.1) is 35.3 Å². The van der Waals surface area contributed by atoms with Crippen molar-refractivity contribution in [2.75, 3.05) is 26.2 Å². The van der Waals surface area contributed by atoms with Crippen molar-refractivity contribution < 1.29 is 14.3 Å². The fourth-order valence-electron chi connectivity index (χ4n) is 9.36. The van der Waals surface area contributed by atoms with E-state index in [1.807, 2.05) is 47.3 Å². The summed E-state index contributed by atoms with van der Waals surface area (Å²) in [6.07, 6.45) is 12.1. The number of halogens is 2. The number of hydrogen-bond acceptors (Lipinski definition) is 9. The molecule has 4 aliphatic rings. The van der Waals surface area contributed by atoms with Gasteiger partial charge >= 0.3 is 6.09 Å². The Kier molecular flexibility index (Phi) is 14.4. The molecule has 10 nitrogen and oxygen atoms in total. The maximum absolute atomic E-state index is 13.0. The highest BCUT2D eigenvalue weighted by Gasteiger charge is 2.33. The van der Waals surface area contributed by atoms with E-state index in [-0.39, 0.29) is 29.4 Å². The van der Waals surface area contributed by atoms with Gasteiger partial charge in [0, 0.05) is 55.3 Å². The number of pyridine rings is 1. The minimum atomic E-state index is -0.454. The number of likely N-dealkylation sites (tertiary alicyclic amines) is 2. The molecule has 4 fully saturated rings. The van der Waals surface area contributed by atoms with Gasteiger partial charge in [0.2, 0.25) is 5.91 Å². The number of nitrogens with zero attached hydrogens (tertiary/aromatic N) is 7. The molecule has 0 radical (unpaired) electrons. The molecular formula is C55H67Br2N7O3S2. The summed E-state index contributed by atoms with van der Waals surface area (Å²) in [7, 11) is 0. The third-order valence-corrected chi connectivity index (χ3v) is 17.6. The lowest BCUT2D eigenvalue weighted by Crippen LogP contribution is -2.41. The van der Waals surface area contributed by atoms with E-state index in [4.69, 9.17) is 14.7 Å². The minimum Gasteiger partial charge on any atom is -0.444 e. The summed E-state index contributed by atoms with van der Waals surface area (Å²) < 4.78 is 9.59. The van der Waals surface area contributed by atoms with E-state index in [0.29, 0.717) is 23.7 Å². The molecule has 6 aromatic rings. The largest absolute Gasteiger partial charge is 0.444 e. The molecule has 69 heavy (non-hydrogen) atoms. The fourth-order valence-corrected chi connectivity index (χ4v) is 13.0. The number of amides is 2. The van der Waals surface area contributed by atoms with E-state index in [9.17, 15) is 9.59 Å². The zero-order valence-corrected chi connectivity index (χ0v) is 46.5. The van der Waals surface area contributed by atoms with Gasteiger partial charge in [-0.05, 0) is 185 Å². The average molecular weight is 1100 g/mol. The lowest BCUT2D eigenvalue weighted by Gasteiger charge is -2.32. The van der Waals surface area contributed by atoms with Gasteiger partial charge in [-0.25, -0.2) is 24.7 Å². The summed E-state index contributed by atoms with van der Waals surface area (Å²) in [5.41, 5.74) is 11.6. The van der Waals surface area contributed by atoms with Crippen molar-refractivity contribution in [2.45, 2.75) is 160 Å². The smallest absolute Gasteiger partial charge is 0.410 e. The van der Waals surface area contributed by atoms with Crippen molar-refractivity contribution >= 4 is 77.7 Å². The van der Waals surface area contributed by atoms with Gasteiger partial charge < -0.3 is 19.1 Å². The van der Waals surface area contributed by atoms with Gasteiger partial charge in [-0.1, -0.05) is 53.7 Å². The molecule has 2 aromatic carbocycles. The Morgan fingerprint density at radius 2 is 1.12 bits per heavy atom. The number of thiazole rings is 2. The first-order valence-corrected chi connectivity index (χ1v) is 28.0. The van der Waals surface area contributed by atoms with Gasteiger partial charge in [0.1, 0.15) is 17.7 Å². The lowest BCUT2D eigenvalue weighted by atomic mass is 9.84. The highest BCUT2D eigenvalue weighted by Crippen LogP contribution is 2.47. The number of carbonyl (C=O) groups excluding carboxylic acids is 2. The van der Waals surface area contributed by atoms with Crippen LogP contribution in [0.5, 0.6) is 0 Å². The normalized spacial score (nSPS) is 17.6. The van der Waals surface area contributed by atoms with Crippen molar-refractivity contribution in [2.24, 2.45) is 0 Å². The van der Waals surface area contributed by atoms with Gasteiger partial charge in [-0.15, -0.1) is 22.7 Å². The first kappa shape index (κ1) is 50.0. The molecule has 0 atom stereocenters. The van der Waals surface area contributed by atoms with Crippen LogP contribution in [0.15, 0.2) is 68.6 Å². The summed E-state index contributed by atoms with van der Waals surface area (Å²) >= 11 is 11.2. The maximum atomic E-state index is 13.0. The number of carbonyl (C=O) groups is 2. The van der Waals surface area contributed by atoms with Gasteiger partial charge in [-0.2, -0.15) is 0 Å². The minimum absolute atomic E-state index is 0.101. The number of hydrogen-bond donors (Lipinski definition) is 0. The van der Waals surface area contributed by atoms with Crippen LogP contribution in [0, 0.1) is 0 Å². The van der Waals surface area contributed by atoms with Crippen LogP contribution in [-0.2, 0) is 26.9 Å². The zero-order chi connectivity index (χ0) is 49.0. The molecule has 366 valence electrons. The zero-order valence-electron chi connectivity index (χ0n) is 41.7. The van der Waals surface area contributed by atoms with Crippen LogP contribution in [0.1, 0.15) is 170 Å². The number of imidazole rings is 1. The molecule has 2 aliphatic carbocycles. The number of piperidine rings is 2. The maximum Gasteiger partial charge on any atom is 0.410 e. The molecule has 2 saturated carbocycles. The van der Waals surface area contributed by atoms with Crippen LogP contribution in [0.25, 0.3) is 33.7 Å². The molecular weight excluding hydrogens is 1030 g/mol. The predicted molar refractivity (Wildman–Crippen MR) is 288 cm³/mol. The molecule has 2 saturated heterocycles. The molecule has 0 bridgehead atoms. The van der Waals surface area contributed by atoms with Crippen molar-refractivity contribution in [3.05, 3.63) is 101 Å². The highest BCUT2D eigenvalue weighted by molar-refractivity contribution is 9.11. The number of rotatable bonds is 8. The Morgan fingerprint density at radius 1 is 0.638 bits per heavy atom. The number of fused-ring (bicyclic) bond motifs is 1. The summed E-state index contributed by atoms with van der Waals surface area (Å²) in [6, 6.07) is 17.9. The third-order valence-electron chi connectivity index (χ3n) is 13.9. The average Bonchev–Trinajstić information content (AvgIpc) is 4.23. The van der Waals surface area contributed by atoms with Crippen molar-refractivity contribution in [3.63, 3.8) is 0 Å². The molecule has 14 heteroatoms. The summed E-state index contributed by atoms with van der Waals surface area (Å²) in [6.45, 7) is 22.6. The van der Waals surface area contributed by atoms with E-state index in [1.165, 1.54) is 69.1 Å². The second-order valence-electron chi connectivity index (χ2n) is 22.7. The Hall–Kier alpha value is -3.98. The SMILES string of the molecule is CC(C)(C)OC(=O)N1CCC(c2nc(-c3cc(C4CC4)cc(C(C)(C)C)c3)c(Br)s2)CC1.CC(C)(C)c1cc(-c2nc(C3CCN(C(=O)Cn4cnc5cccnc54)CC3)sc2Br)cc(C2CC2)c1. The summed E-state index contributed by atoms with van der Waals surface area (Å²) in [4.78, 5) is 48.2. The van der Waals surface area contributed by atoms with Gasteiger partial charge in [0.25, 0.3) is 0 Å². The van der Waals surface area contributed by atoms with Crippen LogP contribution in [0.2, 0.25) is 0 Å². The standard InChI is InChI=1S/C29H32BrN5OS.C26H35BrN2O2S/c1-29(2,3)22-14-20(18-6-7-18)13-21(15-22)25-26(30)37-28(33-25)19-8-11-34(12-9-19)24(36)16-35-17-32-23-5-4-10-31-27(23)35;1-25(2,3)20-14-18(16-7-8-16)13-19(15-20)21-22(27)32-23(28-21)17-9-11-29(12-10-17)24(30)31-26(4,5)6/h4-5,10,13-15,17-19H,6-9,11-12,16H2,1-3H3;13-17H,7-12H2,1-6H3. The molecule has 0 spiro atoms. The molecule has 2 amide bonds. The van der Waals surface area contributed by atoms with Crippen LogP contribution in [0.4, 0.5) is 4.79 Å². The molecule has 4 aromatic heterocycles. The molecule has 2 aliphatic heterocycles. The number of benzene rings is 2. The second kappa shape index (κ2) is 19.9. The van der Waals surface area contributed by atoms with Crippen molar-refractivity contribution in [3.8, 4) is 22.5 Å². The van der Waals surface area contributed by atoms with Crippen LogP contribution in [-0.4, -0.2) is 78.1 Å². The van der Waals surface area contributed by atoms with Gasteiger partial charge in [0.15, 0.2) is 5.65 Å². The Morgan fingerprint density at radius 3 is 1.57 bits per heavy atom. The van der Waals surface area contributed by atoms with E-state index >= 15 is 0 Å². The quantitative estimate of drug-likeness (QED) is 0.149. The first-order chi connectivity index (χ1) is 32.7. The monoisotopic (exact) mass is 1100 g/mol. The van der Waals surface area contributed by atoms with E-state index < -0.39 is 5.60 Å². The predicted octanol–water partition coefficient (Wildman–Crippen LogP) is 14.8. The van der Waals surface area contributed by atoms with E-state index in [0.717, 1.165) is 82.0 Å². The summed E-state index contributed by atoms with van der Waals surface area (Å²) in [5.74, 6) is 2.30. The van der Waals surface area contributed by atoms with Crippen molar-refractivity contribution in [1.29, 1.82) is 0 Å². The number of ether oxygens (including phenoxy) is 1.